The van der Waals surface area contributed by atoms with Gasteiger partial charge in [-0.3, -0.25) is 14.4 Å². The normalized spacial score (nSPS) is 12.5. The van der Waals surface area contributed by atoms with Crippen LogP contribution in [0.3, 0.4) is 0 Å². The van der Waals surface area contributed by atoms with Gasteiger partial charge in [-0.05, 0) is 89.9 Å². The Morgan fingerprint density at radius 2 is 0.545 bits per heavy atom. The van der Waals surface area contributed by atoms with Crippen molar-refractivity contribution < 1.29 is 28.6 Å². The molecule has 0 unspecified atom stereocenters. The van der Waals surface area contributed by atoms with E-state index in [0.29, 0.717) is 19.3 Å². The average molecular weight is 924 g/mol. The highest BCUT2D eigenvalue weighted by atomic mass is 16.6. The molecule has 0 spiro atoms. The topological polar surface area (TPSA) is 78.9 Å². The van der Waals surface area contributed by atoms with E-state index in [4.69, 9.17) is 14.2 Å². The van der Waals surface area contributed by atoms with Gasteiger partial charge in [-0.2, -0.15) is 0 Å². The summed E-state index contributed by atoms with van der Waals surface area (Å²) in [5.41, 5.74) is 0. The molecule has 0 N–H and O–H groups in total. The van der Waals surface area contributed by atoms with Crippen molar-refractivity contribution in [2.24, 2.45) is 0 Å². The predicted molar refractivity (Wildman–Crippen MR) is 284 cm³/mol. The number of hydrogen-bond donors (Lipinski definition) is 0. The third kappa shape index (κ3) is 52.1. The lowest BCUT2D eigenvalue weighted by Gasteiger charge is -2.18. The maximum Gasteiger partial charge on any atom is 0.306 e. The number of carbonyl (C=O) groups is 3. The zero-order valence-electron chi connectivity index (χ0n) is 43.7. The second-order valence-electron chi connectivity index (χ2n) is 18.8. The van der Waals surface area contributed by atoms with Gasteiger partial charge >= 0.3 is 17.9 Å². The maximum absolute atomic E-state index is 12.8. The van der Waals surface area contributed by atoms with Crippen LogP contribution in [0.4, 0.5) is 0 Å². The molecule has 0 aromatic carbocycles. The number of hydrogen-bond acceptors (Lipinski definition) is 6. The van der Waals surface area contributed by atoms with Crippen LogP contribution in [0.1, 0.15) is 284 Å². The van der Waals surface area contributed by atoms with Crippen molar-refractivity contribution in [1.29, 1.82) is 0 Å². The molecule has 0 saturated heterocycles. The van der Waals surface area contributed by atoms with E-state index >= 15 is 0 Å². The first-order chi connectivity index (χ1) is 32.5. The van der Waals surface area contributed by atoms with Crippen LogP contribution >= 0.6 is 0 Å². The van der Waals surface area contributed by atoms with E-state index in [1.807, 2.05) is 0 Å². The minimum absolute atomic E-state index is 0.0866. The molecule has 0 aromatic rings. The first-order valence-corrected chi connectivity index (χ1v) is 28.3. The van der Waals surface area contributed by atoms with Crippen LogP contribution in [-0.4, -0.2) is 37.2 Å². The molecule has 0 aliphatic heterocycles. The Hall–Kier alpha value is -2.89. The molecule has 66 heavy (non-hydrogen) atoms. The summed E-state index contributed by atoms with van der Waals surface area (Å²) in [7, 11) is 0. The summed E-state index contributed by atoms with van der Waals surface area (Å²) in [5, 5.41) is 0. The van der Waals surface area contributed by atoms with Crippen molar-refractivity contribution in [2.75, 3.05) is 13.2 Å². The van der Waals surface area contributed by atoms with Crippen molar-refractivity contribution in [3.8, 4) is 0 Å². The van der Waals surface area contributed by atoms with Crippen molar-refractivity contribution >= 4 is 17.9 Å². The van der Waals surface area contributed by atoms with Crippen LogP contribution in [-0.2, 0) is 28.6 Å². The fourth-order valence-corrected chi connectivity index (χ4v) is 7.95. The van der Waals surface area contributed by atoms with E-state index in [-0.39, 0.29) is 31.1 Å². The van der Waals surface area contributed by atoms with Crippen LogP contribution in [0.25, 0.3) is 0 Å². The second-order valence-corrected chi connectivity index (χ2v) is 18.8. The second kappa shape index (κ2) is 54.7. The predicted octanol–water partition coefficient (Wildman–Crippen LogP) is 18.8. The van der Waals surface area contributed by atoms with Gasteiger partial charge in [0.1, 0.15) is 13.2 Å². The van der Waals surface area contributed by atoms with Crippen LogP contribution < -0.4 is 0 Å². The number of allylic oxidation sites excluding steroid dienone is 10. The Labute approximate surface area is 409 Å². The fraction of sp³-hybridized carbons (Fsp3) is 0.783. The first-order valence-electron chi connectivity index (χ1n) is 28.3. The van der Waals surface area contributed by atoms with E-state index in [0.717, 1.165) is 89.9 Å². The SMILES string of the molecule is CCCCC/C=C\C/C=C\C/C=C\C/C=C\CCCCCC(=O)OC[C@@H](COC(=O)CCCCCCC/C=C\CCCCCCC)OC(=O)CCCCCCCCCCCCCCCCC. The fourth-order valence-electron chi connectivity index (χ4n) is 7.95. The zero-order valence-corrected chi connectivity index (χ0v) is 43.7. The van der Waals surface area contributed by atoms with Gasteiger partial charge < -0.3 is 14.2 Å². The Bertz CT molecular complexity index is 1200. The van der Waals surface area contributed by atoms with Gasteiger partial charge in [-0.15, -0.1) is 0 Å². The summed E-state index contributed by atoms with van der Waals surface area (Å²) in [6.45, 7) is 6.59. The van der Waals surface area contributed by atoms with E-state index in [1.165, 1.54) is 154 Å². The highest BCUT2D eigenvalue weighted by Crippen LogP contribution is 2.15. The molecular weight excluding hydrogens is 817 g/mol. The Kier molecular flexibility index (Phi) is 52.3. The molecule has 0 heterocycles. The minimum Gasteiger partial charge on any atom is -0.462 e. The smallest absolute Gasteiger partial charge is 0.306 e. The molecule has 0 bridgehead atoms. The number of rotatable bonds is 51. The molecule has 0 saturated carbocycles. The van der Waals surface area contributed by atoms with Crippen LogP contribution in [0.2, 0.25) is 0 Å². The Morgan fingerprint density at radius 1 is 0.303 bits per heavy atom. The molecule has 0 aliphatic carbocycles. The summed E-state index contributed by atoms with van der Waals surface area (Å²) < 4.78 is 16.8. The van der Waals surface area contributed by atoms with Gasteiger partial charge in [-0.1, -0.05) is 236 Å². The quantitative estimate of drug-likeness (QED) is 0.0262. The summed E-state index contributed by atoms with van der Waals surface area (Å²) in [6, 6.07) is 0. The lowest BCUT2D eigenvalue weighted by molar-refractivity contribution is -0.167. The third-order valence-corrected chi connectivity index (χ3v) is 12.2. The maximum atomic E-state index is 12.8. The summed E-state index contributed by atoms with van der Waals surface area (Å²) in [6.07, 6.45) is 67.7. The molecule has 0 rings (SSSR count). The molecule has 0 radical (unpaired) electrons. The van der Waals surface area contributed by atoms with Gasteiger partial charge in [0.2, 0.25) is 0 Å². The summed E-state index contributed by atoms with van der Waals surface area (Å²) in [5.74, 6) is -0.915. The molecule has 0 aromatic heterocycles. The van der Waals surface area contributed by atoms with Gasteiger partial charge in [0, 0.05) is 19.3 Å². The van der Waals surface area contributed by atoms with E-state index in [9.17, 15) is 14.4 Å². The highest BCUT2D eigenvalue weighted by Gasteiger charge is 2.19. The first kappa shape index (κ1) is 63.1. The van der Waals surface area contributed by atoms with E-state index in [2.05, 4.69) is 81.5 Å². The van der Waals surface area contributed by atoms with E-state index in [1.54, 1.807) is 0 Å². The summed E-state index contributed by atoms with van der Waals surface area (Å²) in [4.78, 5) is 38.1. The zero-order chi connectivity index (χ0) is 47.9. The molecule has 1 atom stereocenters. The largest absolute Gasteiger partial charge is 0.462 e. The van der Waals surface area contributed by atoms with Crippen molar-refractivity contribution in [3.05, 3.63) is 60.8 Å². The molecule has 0 amide bonds. The van der Waals surface area contributed by atoms with Crippen molar-refractivity contribution in [3.63, 3.8) is 0 Å². The molecule has 382 valence electrons. The molecule has 6 nitrogen and oxygen atoms in total. The number of carbonyl (C=O) groups excluding carboxylic acids is 3. The Balaban J connectivity index is 4.42. The summed E-state index contributed by atoms with van der Waals surface area (Å²) >= 11 is 0. The van der Waals surface area contributed by atoms with Crippen LogP contribution in [0.15, 0.2) is 60.8 Å². The monoisotopic (exact) mass is 923 g/mol. The van der Waals surface area contributed by atoms with Gasteiger partial charge in [0.25, 0.3) is 0 Å². The number of unbranched alkanes of at least 4 members (excludes halogenated alkanes) is 30. The van der Waals surface area contributed by atoms with E-state index < -0.39 is 6.10 Å². The number of ether oxygens (including phenoxy) is 3. The molecular formula is C60H106O6. The van der Waals surface area contributed by atoms with Crippen LogP contribution in [0.5, 0.6) is 0 Å². The average Bonchev–Trinajstić information content (AvgIpc) is 3.31. The number of esters is 3. The highest BCUT2D eigenvalue weighted by molar-refractivity contribution is 5.71. The van der Waals surface area contributed by atoms with Crippen molar-refractivity contribution in [1.82, 2.24) is 0 Å². The van der Waals surface area contributed by atoms with Gasteiger partial charge in [0.05, 0.1) is 0 Å². The lowest BCUT2D eigenvalue weighted by atomic mass is 10.0. The Morgan fingerprint density at radius 3 is 0.909 bits per heavy atom. The molecule has 6 heteroatoms. The molecule has 0 fully saturated rings. The van der Waals surface area contributed by atoms with Gasteiger partial charge in [-0.25, -0.2) is 0 Å². The molecule has 0 aliphatic rings. The third-order valence-electron chi connectivity index (χ3n) is 12.2. The van der Waals surface area contributed by atoms with Crippen molar-refractivity contribution in [2.45, 2.75) is 290 Å². The minimum atomic E-state index is -0.788. The lowest BCUT2D eigenvalue weighted by Crippen LogP contribution is -2.30. The van der Waals surface area contributed by atoms with Gasteiger partial charge in [0.15, 0.2) is 6.10 Å². The standard InChI is InChI=1S/C60H106O6/c1-4-7-10-13-16-19-22-25-28-29-30-31-33-35-38-41-44-47-50-53-59(62)65-56-57(55-64-58(61)52-49-46-43-40-37-34-27-24-21-18-15-12-9-6-3)66-60(63)54-51-48-45-42-39-36-32-26-23-20-17-14-11-8-5-2/h16,19,24-25,27-28,30-31,35,38,57H,4-15,17-18,20-23,26,29,32-34,36-37,39-56H2,1-3H3/b19-16-,27-24-,28-25-,31-30-,38-35-/t57-/m1/s1. The van der Waals surface area contributed by atoms with Crippen LogP contribution in [0, 0.1) is 0 Å².